The van der Waals surface area contributed by atoms with E-state index in [-0.39, 0.29) is 11.6 Å². The van der Waals surface area contributed by atoms with E-state index in [0.717, 1.165) is 5.56 Å². The summed E-state index contributed by atoms with van der Waals surface area (Å²) in [4.78, 5) is 1.78. The standard InChI is InChI=1S/C16H15F3N2OS/c1-21(16(23)20-13-6-4-12(17)5-7-13)10-11-2-8-14(9-3-11)22-15(18)19/h2-9,15H,10H2,1H3,(H,20,23). The number of nitrogens with zero attached hydrogens (tertiary/aromatic N) is 1. The fraction of sp³-hybridized carbons (Fsp3) is 0.188. The van der Waals surface area contributed by atoms with Gasteiger partial charge >= 0.3 is 6.61 Å². The molecule has 1 N–H and O–H groups in total. The Labute approximate surface area is 137 Å². The number of hydrogen-bond donors (Lipinski definition) is 1. The zero-order valence-electron chi connectivity index (χ0n) is 12.3. The number of thiocarbonyl (C=S) groups is 1. The third-order valence-electron chi connectivity index (χ3n) is 3.01. The third-order valence-corrected chi connectivity index (χ3v) is 3.42. The van der Waals surface area contributed by atoms with Crippen LogP contribution in [0, 0.1) is 5.82 Å². The summed E-state index contributed by atoms with van der Waals surface area (Å²) in [5, 5.41) is 3.46. The summed E-state index contributed by atoms with van der Waals surface area (Å²) in [7, 11) is 1.79. The lowest BCUT2D eigenvalue weighted by atomic mass is 10.2. The van der Waals surface area contributed by atoms with Crippen LogP contribution in [0.4, 0.5) is 18.9 Å². The Kier molecular flexibility index (Phi) is 5.81. The first-order chi connectivity index (χ1) is 10.9. The van der Waals surface area contributed by atoms with Gasteiger partial charge in [0.2, 0.25) is 0 Å². The Hall–Kier alpha value is -2.28. The molecule has 0 aliphatic heterocycles. The first-order valence-electron chi connectivity index (χ1n) is 6.75. The number of anilines is 1. The first-order valence-corrected chi connectivity index (χ1v) is 7.16. The first kappa shape index (κ1) is 17.1. The lowest BCUT2D eigenvalue weighted by Gasteiger charge is -2.21. The lowest BCUT2D eigenvalue weighted by Crippen LogP contribution is -2.30. The van der Waals surface area contributed by atoms with Crippen LogP contribution < -0.4 is 10.1 Å². The maximum atomic E-state index is 12.9. The molecule has 23 heavy (non-hydrogen) atoms. The van der Waals surface area contributed by atoms with Crippen molar-refractivity contribution in [1.82, 2.24) is 4.90 Å². The van der Waals surface area contributed by atoms with Gasteiger partial charge in [-0.25, -0.2) is 4.39 Å². The average molecular weight is 340 g/mol. The van der Waals surface area contributed by atoms with Crippen LogP contribution in [0.2, 0.25) is 0 Å². The summed E-state index contributed by atoms with van der Waals surface area (Å²) >= 11 is 5.27. The van der Waals surface area contributed by atoms with Crippen LogP contribution in [0.15, 0.2) is 48.5 Å². The van der Waals surface area contributed by atoms with E-state index in [0.29, 0.717) is 17.3 Å². The number of benzene rings is 2. The molecule has 122 valence electrons. The molecule has 0 saturated heterocycles. The van der Waals surface area contributed by atoms with Crippen molar-refractivity contribution in [1.29, 1.82) is 0 Å². The Balaban J connectivity index is 1.91. The molecule has 3 nitrogen and oxygen atoms in total. The van der Waals surface area contributed by atoms with E-state index in [1.807, 2.05) is 0 Å². The molecule has 0 atom stereocenters. The van der Waals surface area contributed by atoms with E-state index >= 15 is 0 Å². The van der Waals surface area contributed by atoms with E-state index in [9.17, 15) is 13.2 Å². The van der Waals surface area contributed by atoms with Crippen molar-refractivity contribution in [2.24, 2.45) is 0 Å². The fourth-order valence-electron chi connectivity index (χ4n) is 1.87. The summed E-state index contributed by atoms with van der Waals surface area (Å²) in [6.45, 7) is -2.35. The zero-order chi connectivity index (χ0) is 16.8. The van der Waals surface area contributed by atoms with Gasteiger partial charge in [0, 0.05) is 19.3 Å². The molecule has 0 saturated carbocycles. The molecule has 2 rings (SSSR count). The Morgan fingerprint density at radius 3 is 2.30 bits per heavy atom. The number of ether oxygens (including phenoxy) is 1. The van der Waals surface area contributed by atoms with Crippen molar-refractivity contribution < 1.29 is 17.9 Å². The van der Waals surface area contributed by atoms with Gasteiger partial charge in [-0.2, -0.15) is 8.78 Å². The smallest absolute Gasteiger partial charge is 0.387 e. The van der Waals surface area contributed by atoms with Crippen LogP contribution in [0.1, 0.15) is 5.56 Å². The van der Waals surface area contributed by atoms with Gasteiger partial charge in [0.15, 0.2) is 5.11 Å². The summed E-state index contributed by atoms with van der Waals surface area (Å²) in [6, 6.07) is 12.2. The van der Waals surface area contributed by atoms with Crippen LogP contribution in [0.5, 0.6) is 5.75 Å². The molecule has 0 bridgehead atoms. The second-order valence-electron chi connectivity index (χ2n) is 4.82. The third kappa shape index (κ3) is 5.45. The summed E-state index contributed by atoms with van der Waals surface area (Å²) in [5.74, 6) is -0.209. The number of nitrogens with one attached hydrogen (secondary N) is 1. The SMILES string of the molecule is CN(Cc1ccc(OC(F)F)cc1)C(=S)Nc1ccc(F)cc1. The van der Waals surface area contributed by atoms with Crippen LogP contribution in [0.3, 0.4) is 0 Å². The second-order valence-corrected chi connectivity index (χ2v) is 5.20. The molecule has 0 spiro atoms. The van der Waals surface area contributed by atoms with Crippen molar-refractivity contribution in [3.63, 3.8) is 0 Å². The van der Waals surface area contributed by atoms with Gasteiger partial charge in [-0.3, -0.25) is 0 Å². The average Bonchev–Trinajstić information content (AvgIpc) is 2.51. The summed E-state index contributed by atoms with van der Waals surface area (Å²) < 4.78 is 41.3. The highest BCUT2D eigenvalue weighted by atomic mass is 32.1. The van der Waals surface area contributed by atoms with Gasteiger partial charge in [0.05, 0.1) is 0 Å². The molecule has 7 heteroatoms. The molecule has 0 aromatic heterocycles. The Morgan fingerprint density at radius 1 is 1.13 bits per heavy atom. The minimum Gasteiger partial charge on any atom is -0.435 e. The van der Waals surface area contributed by atoms with Crippen molar-refractivity contribution in [3.8, 4) is 5.75 Å². The van der Waals surface area contributed by atoms with Crippen LogP contribution in [-0.2, 0) is 6.54 Å². The quantitative estimate of drug-likeness (QED) is 0.822. The molecule has 2 aromatic rings. The highest BCUT2D eigenvalue weighted by Crippen LogP contribution is 2.16. The van der Waals surface area contributed by atoms with Crippen molar-refractivity contribution >= 4 is 23.0 Å². The maximum absolute atomic E-state index is 12.9. The monoisotopic (exact) mass is 340 g/mol. The van der Waals surface area contributed by atoms with Crippen molar-refractivity contribution in [2.45, 2.75) is 13.2 Å². The van der Waals surface area contributed by atoms with Crippen LogP contribution in [-0.4, -0.2) is 23.7 Å². The minimum atomic E-state index is -2.84. The van der Waals surface area contributed by atoms with Gasteiger partial charge in [-0.05, 0) is 54.2 Å². The second kappa shape index (κ2) is 7.82. The molecule has 0 aliphatic carbocycles. The molecule has 2 aromatic carbocycles. The Bertz CT molecular complexity index is 647. The summed E-state index contributed by atoms with van der Waals surface area (Å²) in [6.07, 6.45) is 0. The minimum absolute atomic E-state index is 0.110. The highest BCUT2D eigenvalue weighted by molar-refractivity contribution is 7.80. The van der Waals surface area contributed by atoms with E-state index in [1.165, 1.54) is 24.3 Å². The molecule has 0 heterocycles. The normalized spacial score (nSPS) is 10.5. The largest absolute Gasteiger partial charge is 0.435 e. The van der Waals surface area contributed by atoms with Crippen LogP contribution >= 0.6 is 12.2 Å². The predicted octanol–water partition coefficient (Wildman–Crippen LogP) is 4.26. The molecule has 0 amide bonds. The van der Waals surface area contributed by atoms with Crippen molar-refractivity contribution in [3.05, 3.63) is 59.9 Å². The van der Waals surface area contributed by atoms with Crippen molar-refractivity contribution in [2.75, 3.05) is 12.4 Å². The molecule has 0 radical (unpaired) electrons. The molecule has 0 unspecified atom stereocenters. The topological polar surface area (TPSA) is 24.5 Å². The van der Waals surface area contributed by atoms with E-state index in [1.54, 1.807) is 36.2 Å². The Morgan fingerprint density at radius 2 is 1.74 bits per heavy atom. The van der Waals surface area contributed by atoms with Gasteiger partial charge in [-0.1, -0.05) is 12.1 Å². The molecular formula is C16H15F3N2OS. The van der Waals surface area contributed by atoms with Gasteiger partial charge in [-0.15, -0.1) is 0 Å². The molecule has 0 aliphatic rings. The number of rotatable bonds is 5. The number of hydrogen-bond acceptors (Lipinski definition) is 2. The lowest BCUT2D eigenvalue weighted by molar-refractivity contribution is -0.0498. The van der Waals surface area contributed by atoms with Gasteiger partial charge in [0.1, 0.15) is 11.6 Å². The molecular weight excluding hydrogens is 325 g/mol. The van der Waals surface area contributed by atoms with Crippen LogP contribution in [0.25, 0.3) is 0 Å². The predicted molar refractivity (Wildman–Crippen MR) is 87.2 cm³/mol. The molecule has 0 fully saturated rings. The number of halogens is 3. The van der Waals surface area contributed by atoms with Gasteiger partial charge < -0.3 is 15.0 Å². The van der Waals surface area contributed by atoms with Gasteiger partial charge in [0.25, 0.3) is 0 Å². The van der Waals surface area contributed by atoms with E-state index in [2.05, 4.69) is 10.1 Å². The maximum Gasteiger partial charge on any atom is 0.387 e. The number of alkyl halides is 2. The summed E-state index contributed by atoms with van der Waals surface area (Å²) in [5.41, 5.74) is 1.57. The fourth-order valence-corrected chi connectivity index (χ4v) is 2.06. The van der Waals surface area contributed by atoms with E-state index < -0.39 is 6.61 Å². The van der Waals surface area contributed by atoms with E-state index in [4.69, 9.17) is 12.2 Å². The zero-order valence-corrected chi connectivity index (χ0v) is 13.1. The highest BCUT2D eigenvalue weighted by Gasteiger charge is 2.07.